The number of carbonyl (C=O) groups excluding carboxylic acids is 1. The van der Waals surface area contributed by atoms with E-state index in [1.54, 1.807) is 18.2 Å². The Morgan fingerprint density at radius 1 is 1.15 bits per heavy atom. The van der Waals surface area contributed by atoms with Crippen molar-refractivity contribution >= 4 is 5.91 Å². The highest BCUT2D eigenvalue weighted by Crippen LogP contribution is 2.18. The van der Waals surface area contributed by atoms with Gasteiger partial charge in [0.1, 0.15) is 5.82 Å². The molecule has 2 atom stereocenters. The first-order valence-corrected chi connectivity index (χ1v) is 9.16. The van der Waals surface area contributed by atoms with Gasteiger partial charge in [-0.05, 0) is 57.4 Å². The van der Waals surface area contributed by atoms with Crippen molar-refractivity contribution in [2.45, 2.75) is 58.2 Å². The summed E-state index contributed by atoms with van der Waals surface area (Å²) in [6.07, 6.45) is -0.444. The normalized spacial score (nSPS) is 13.9. The number of rotatable bonds is 6. The fourth-order valence-electron chi connectivity index (χ4n) is 2.92. The fourth-order valence-corrected chi connectivity index (χ4v) is 2.92. The Kier molecular flexibility index (Phi) is 6.73. The van der Waals surface area contributed by atoms with Crippen molar-refractivity contribution in [1.82, 2.24) is 5.32 Å². The summed E-state index contributed by atoms with van der Waals surface area (Å²) in [5, 5.41) is 13.5. The molecule has 2 rings (SSSR count). The van der Waals surface area contributed by atoms with Crippen molar-refractivity contribution in [2.75, 3.05) is 0 Å². The van der Waals surface area contributed by atoms with Gasteiger partial charge in [-0.25, -0.2) is 4.39 Å². The topological polar surface area (TPSA) is 75.3 Å². The highest BCUT2D eigenvalue weighted by atomic mass is 19.1. The number of aliphatic hydroxyl groups is 1. The molecular weight excluding hydrogens is 343 g/mol. The number of benzene rings is 2. The third-order valence-electron chi connectivity index (χ3n) is 4.34. The Hall–Kier alpha value is -2.24. The molecule has 0 radical (unpaired) electrons. The Morgan fingerprint density at radius 2 is 1.81 bits per heavy atom. The summed E-state index contributed by atoms with van der Waals surface area (Å²) in [7, 11) is 0. The first kappa shape index (κ1) is 21.1. The summed E-state index contributed by atoms with van der Waals surface area (Å²) in [5.74, 6) is -0.517. The van der Waals surface area contributed by atoms with Crippen molar-refractivity contribution in [3.8, 4) is 0 Å². The predicted octanol–water partition coefficient (Wildman–Crippen LogP) is 3.14. The molecule has 0 aliphatic heterocycles. The van der Waals surface area contributed by atoms with E-state index in [1.165, 1.54) is 6.07 Å². The van der Waals surface area contributed by atoms with E-state index in [2.05, 4.69) is 5.32 Å². The second-order valence-electron chi connectivity index (χ2n) is 8.10. The molecule has 5 heteroatoms. The Labute approximate surface area is 160 Å². The lowest BCUT2D eigenvalue weighted by Gasteiger charge is -2.23. The van der Waals surface area contributed by atoms with E-state index in [1.807, 2.05) is 45.9 Å². The van der Waals surface area contributed by atoms with Gasteiger partial charge in [0, 0.05) is 23.6 Å². The molecular formula is C22H29FN2O2. The molecule has 146 valence electrons. The number of carbonyl (C=O) groups is 1. The van der Waals surface area contributed by atoms with Crippen LogP contribution < -0.4 is 11.1 Å². The molecule has 0 bridgehead atoms. The molecule has 4 N–H and O–H groups in total. The van der Waals surface area contributed by atoms with E-state index in [9.17, 15) is 14.3 Å². The number of halogens is 1. The van der Waals surface area contributed by atoms with Crippen LogP contribution in [0.2, 0.25) is 0 Å². The summed E-state index contributed by atoms with van der Waals surface area (Å²) in [6.45, 7) is 7.66. The smallest absolute Gasteiger partial charge is 0.251 e. The van der Waals surface area contributed by atoms with Gasteiger partial charge >= 0.3 is 0 Å². The van der Waals surface area contributed by atoms with Gasteiger partial charge in [0.2, 0.25) is 0 Å². The van der Waals surface area contributed by atoms with E-state index in [-0.39, 0.29) is 30.1 Å². The number of aliphatic hydroxyl groups excluding tert-OH is 1. The first-order chi connectivity index (χ1) is 12.6. The fraction of sp³-hybridized carbons (Fsp3) is 0.409. The standard InChI is InChI=1S/C22H29FN2O2/c1-14-9-10-15(17(11-14)21(27)25-22(2,3)4)13-20(26)19(24)12-16-7-5-6-8-18(16)23/h5-11,19-20,26H,12-13,24H2,1-4H3,(H,25,27). The average molecular weight is 372 g/mol. The highest BCUT2D eigenvalue weighted by molar-refractivity contribution is 5.96. The SMILES string of the molecule is Cc1ccc(CC(O)C(N)Cc2ccccc2F)c(C(=O)NC(C)(C)C)c1. The zero-order valence-corrected chi connectivity index (χ0v) is 16.4. The van der Waals surface area contributed by atoms with Crippen LogP contribution in [0.3, 0.4) is 0 Å². The maximum absolute atomic E-state index is 13.8. The minimum atomic E-state index is -0.895. The largest absolute Gasteiger partial charge is 0.391 e. The molecule has 2 aromatic carbocycles. The molecule has 0 spiro atoms. The molecule has 0 heterocycles. The summed E-state index contributed by atoms with van der Waals surface area (Å²) < 4.78 is 13.8. The molecule has 2 aromatic rings. The van der Waals surface area contributed by atoms with Crippen LogP contribution in [0, 0.1) is 12.7 Å². The first-order valence-electron chi connectivity index (χ1n) is 9.16. The van der Waals surface area contributed by atoms with Gasteiger partial charge in [-0.15, -0.1) is 0 Å². The van der Waals surface area contributed by atoms with Crippen LogP contribution in [-0.2, 0) is 12.8 Å². The van der Waals surface area contributed by atoms with Crippen LogP contribution in [0.4, 0.5) is 4.39 Å². The van der Waals surface area contributed by atoms with Crippen molar-refractivity contribution in [3.05, 3.63) is 70.5 Å². The van der Waals surface area contributed by atoms with Gasteiger partial charge in [0.15, 0.2) is 0 Å². The summed E-state index contributed by atoms with van der Waals surface area (Å²) >= 11 is 0. The van der Waals surface area contributed by atoms with Crippen LogP contribution >= 0.6 is 0 Å². The Morgan fingerprint density at radius 3 is 2.44 bits per heavy atom. The van der Waals surface area contributed by atoms with Crippen molar-refractivity contribution in [1.29, 1.82) is 0 Å². The molecule has 0 aromatic heterocycles. The number of amides is 1. The number of hydrogen-bond donors (Lipinski definition) is 3. The number of nitrogens with two attached hydrogens (primary N) is 1. The third-order valence-corrected chi connectivity index (χ3v) is 4.34. The lowest BCUT2D eigenvalue weighted by molar-refractivity contribution is 0.0916. The van der Waals surface area contributed by atoms with E-state index in [4.69, 9.17) is 5.73 Å². The highest BCUT2D eigenvalue weighted by Gasteiger charge is 2.22. The molecule has 27 heavy (non-hydrogen) atoms. The second kappa shape index (κ2) is 8.63. The second-order valence-corrected chi connectivity index (χ2v) is 8.10. The quantitative estimate of drug-likeness (QED) is 0.729. The number of hydrogen-bond acceptors (Lipinski definition) is 3. The van der Waals surface area contributed by atoms with Crippen LogP contribution in [-0.4, -0.2) is 28.7 Å². The van der Waals surface area contributed by atoms with Crippen molar-refractivity contribution < 1.29 is 14.3 Å². The van der Waals surface area contributed by atoms with Crippen LogP contribution in [0.25, 0.3) is 0 Å². The molecule has 2 unspecified atom stereocenters. The lowest BCUT2D eigenvalue weighted by Crippen LogP contribution is -2.42. The van der Waals surface area contributed by atoms with E-state index < -0.39 is 12.1 Å². The van der Waals surface area contributed by atoms with Gasteiger partial charge in [0.05, 0.1) is 6.10 Å². The minimum Gasteiger partial charge on any atom is -0.391 e. The van der Waals surface area contributed by atoms with E-state index in [0.29, 0.717) is 11.1 Å². The molecule has 1 amide bonds. The van der Waals surface area contributed by atoms with Crippen LogP contribution in [0.15, 0.2) is 42.5 Å². The van der Waals surface area contributed by atoms with Gasteiger partial charge in [0.25, 0.3) is 5.91 Å². The summed E-state index contributed by atoms with van der Waals surface area (Å²) in [4.78, 5) is 12.6. The Bertz CT molecular complexity index is 799. The predicted molar refractivity (Wildman–Crippen MR) is 106 cm³/mol. The maximum Gasteiger partial charge on any atom is 0.251 e. The maximum atomic E-state index is 13.8. The zero-order chi connectivity index (χ0) is 20.2. The minimum absolute atomic E-state index is 0.184. The van der Waals surface area contributed by atoms with Crippen LogP contribution in [0.1, 0.15) is 47.8 Å². The van der Waals surface area contributed by atoms with Gasteiger partial charge in [-0.1, -0.05) is 35.9 Å². The number of aryl methyl sites for hydroxylation is 1. The average Bonchev–Trinajstić information content (AvgIpc) is 2.56. The zero-order valence-electron chi connectivity index (χ0n) is 16.4. The molecule has 0 aliphatic carbocycles. The third kappa shape index (κ3) is 6.15. The molecule has 0 saturated carbocycles. The lowest BCUT2D eigenvalue weighted by atomic mass is 9.93. The molecule has 4 nitrogen and oxygen atoms in total. The molecule has 0 saturated heterocycles. The van der Waals surface area contributed by atoms with Crippen molar-refractivity contribution in [3.63, 3.8) is 0 Å². The van der Waals surface area contributed by atoms with E-state index in [0.717, 1.165) is 11.1 Å². The van der Waals surface area contributed by atoms with Gasteiger partial charge < -0.3 is 16.2 Å². The monoisotopic (exact) mass is 372 g/mol. The van der Waals surface area contributed by atoms with E-state index >= 15 is 0 Å². The number of nitrogens with one attached hydrogen (secondary N) is 1. The summed E-state index contributed by atoms with van der Waals surface area (Å²) in [6, 6.07) is 11.3. The summed E-state index contributed by atoms with van der Waals surface area (Å²) in [5.41, 5.74) is 8.43. The molecule has 0 aliphatic rings. The molecule has 0 fully saturated rings. The van der Waals surface area contributed by atoms with Crippen LogP contribution in [0.5, 0.6) is 0 Å². The Balaban J connectivity index is 2.16. The van der Waals surface area contributed by atoms with Crippen molar-refractivity contribution in [2.24, 2.45) is 5.73 Å². The van der Waals surface area contributed by atoms with Gasteiger partial charge in [-0.3, -0.25) is 4.79 Å². The van der Waals surface area contributed by atoms with Gasteiger partial charge in [-0.2, -0.15) is 0 Å².